The Balaban J connectivity index is 1.72. The lowest BCUT2D eigenvalue weighted by molar-refractivity contribution is 0.103. The summed E-state index contributed by atoms with van der Waals surface area (Å²) in [5.41, 5.74) is 2.61. The molecule has 0 saturated carbocycles. The van der Waals surface area contributed by atoms with Crippen molar-refractivity contribution in [3.63, 3.8) is 0 Å². The maximum Gasteiger partial charge on any atom is 0.515 e. The lowest BCUT2D eigenvalue weighted by Gasteiger charge is -2.07. The Labute approximate surface area is 158 Å². The number of thiophene rings is 1. The Bertz CT molecular complexity index is 1180. The second-order valence-electron chi connectivity index (χ2n) is 5.98. The number of benzene rings is 2. The average molecular weight is 381 g/mol. The Hall–Kier alpha value is -3.19. The number of nitrogens with one attached hydrogen (secondary N) is 1. The highest BCUT2D eigenvalue weighted by Gasteiger charge is 2.23. The number of ether oxygens (including phenoxy) is 4. The van der Waals surface area contributed by atoms with Gasteiger partial charge in [0, 0.05) is 10.1 Å². The van der Waals surface area contributed by atoms with Crippen molar-refractivity contribution in [1.82, 2.24) is 4.98 Å². The fraction of sp³-hybridized carbons (Fsp3) is 0.150. The molecule has 0 saturated heterocycles. The molecule has 4 aromatic rings. The Morgan fingerprint density at radius 2 is 2.04 bits per heavy atom. The first-order valence-electron chi connectivity index (χ1n) is 8.52. The van der Waals surface area contributed by atoms with E-state index in [0.29, 0.717) is 17.4 Å². The summed E-state index contributed by atoms with van der Waals surface area (Å²) < 4.78 is 23.5. The topological polar surface area (TPSA) is 69.8 Å². The monoisotopic (exact) mass is 381 g/mol. The van der Waals surface area contributed by atoms with E-state index in [1.165, 1.54) is 0 Å². The van der Waals surface area contributed by atoms with Gasteiger partial charge < -0.3 is 23.9 Å². The van der Waals surface area contributed by atoms with E-state index in [1.54, 1.807) is 18.3 Å². The van der Waals surface area contributed by atoms with Crippen LogP contribution in [0.1, 0.15) is 6.92 Å². The van der Waals surface area contributed by atoms with Gasteiger partial charge in [-0.1, -0.05) is 24.3 Å². The van der Waals surface area contributed by atoms with E-state index in [-0.39, 0.29) is 13.4 Å². The van der Waals surface area contributed by atoms with Crippen molar-refractivity contribution >= 4 is 37.8 Å². The first-order valence-corrected chi connectivity index (χ1v) is 9.34. The Kier molecular flexibility index (Phi) is 3.68. The van der Waals surface area contributed by atoms with E-state index in [4.69, 9.17) is 18.9 Å². The van der Waals surface area contributed by atoms with Crippen molar-refractivity contribution in [2.75, 3.05) is 13.4 Å². The molecule has 0 aliphatic carbocycles. The summed E-state index contributed by atoms with van der Waals surface area (Å²) >= 11 is 1.64. The second-order valence-corrected chi connectivity index (χ2v) is 7.04. The zero-order valence-corrected chi connectivity index (χ0v) is 15.2. The minimum atomic E-state index is -0.738. The fourth-order valence-corrected chi connectivity index (χ4v) is 4.47. The summed E-state index contributed by atoms with van der Waals surface area (Å²) in [5, 5.41) is 1.08. The molecule has 0 radical (unpaired) electrons. The zero-order valence-electron chi connectivity index (χ0n) is 14.4. The Morgan fingerprint density at radius 1 is 1.19 bits per heavy atom. The summed E-state index contributed by atoms with van der Waals surface area (Å²) in [4.78, 5) is 15.2. The third-order valence-electron chi connectivity index (χ3n) is 4.40. The third-order valence-corrected chi connectivity index (χ3v) is 5.59. The van der Waals surface area contributed by atoms with Crippen molar-refractivity contribution in [2.24, 2.45) is 0 Å². The minimum absolute atomic E-state index is 0.205. The van der Waals surface area contributed by atoms with Gasteiger partial charge in [-0.3, -0.25) is 0 Å². The molecule has 1 aliphatic heterocycles. The molecule has 5 rings (SSSR count). The average Bonchev–Trinajstić information content (AvgIpc) is 3.34. The first kappa shape index (κ1) is 16.0. The molecule has 27 heavy (non-hydrogen) atoms. The van der Waals surface area contributed by atoms with Crippen LogP contribution in [0.15, 0.2) is 42.5 Å². The number of rotatable bonds is 3. The minimum Gasteiger partial charge on any atom is -0.454 e. The number of carbonyl (C=O) groups excluding carboxylic acids is 1. The lowest BCUT2D eigenvalue weighted by Crippen LogP contribution is -2.10. The number of hydrogen-bond acceptors (Lipinski definition) is 6. The second kappa shape index (κ2) is 6.21. The molecule has 136 valence electrons. The number of carbonyl (C=O) groups is 1. The SMILES string of the molecule is CCOC(=O)Oc1[nH]c2c(sc3ccccc32)c1-c1ccc2c(c1)OCO2. The predicted molar refractivity (Wildman–Crippen MR) is 103 cm³/mol. The van der Waals surface area contributed by atoms with Crippen LogP contribution >= 0.6 is 11.3 Å². The molecule has 1 aliphatic rings. The van der Waals surface area contributed by atoms with Crippen LogP contribution < -0.4 is 14.2 Å². The molecule has 0 spiro atoms. The molecular weight excluding hydrogens is 366 g/mol. The number of aromatic amines is 1. The van der Waals surface area contributed by atoms with E-state index in [0.717, 1.165) is 31.4 Å². The van der Waals surface area contributed by atoms with E-state index in [1.807, 2.05) is 36.4 Å². The summed E-state index contributed by atoms with van der Waals surface area (Å²) in [7, 11) is 0. The highest BCUT2D eigenvalue weighted by Crippen LogP contribution is 2.47. The lowest BCUT2D eigenvalue weighted by atomic mass is 10.1. The van der Waals surface area contributed by atoms with Gasteiger partial charge in [0.05, 0.1) is 22.4 Å². The molecule has 0 unspecified atom stereocenters. The van der Waals surface area contributed by atoms with Gasteiger partial charge in [-0.05, 0) is 30.7 Å². The van der Waals surface area contributed by atoms with Crippen LogP contribution in [0.2, 0.25) is 0 Å². The molecule has 1 N–H and O–H groups in total. The molecule has 3 heterocycles. The van der Waals surface area contributed by atoms with E-state index < -0.39 is 6.16 Å². The zero-order chi connectivity index (χ0) is 18.4. The first-order chi connectivity index (χ1) is 13.2. The number of aromatic nitrogens is 1. The van der Waals surface area contributed by atoms with Crippen molar-refractivity contribution < 1.29 is 23.7 Å². The molecule has 0 amide bonds. The standard InChI is InChI=1S/C20H15NO5S/c1-2-23-20(22)26-19-16(11-7-8-13-14(9-11)25-10-24-13)18-17(21-19)12-5-3-4-6-15(12)27-18/h3-9,21H,2,10H2,1H3. The van der Waals surface area contributed by atoms with Gasteiger partial charge in [0.25, 0.3) is 0 Å². The highest BCUT2D eigenvalue weighted by atomic mass is 32.1. The molecule has 7 heteroatoms. The van der Waals surface area contributed by atoms with Crippen LogP contribution in [0, 0.1) is 0 Å². The summed E-state index contributed by atoms with van der Waals surface area (Å²) in [6.07, 6.45) is -0.738. The largest absolute Gasteiger partial charge is 0.515 e. The molecule has 2 aromatic carbocycles. The van der Waals surface area contributed by atoms with Crippen LogP contribution in [0.5, 0.6) is 17.4 Å². The number of H-pyrrole nitrogens is 1. The van der Waals surface area contributed by atoms with Gasteiger partial charge in [0.15, 0.2) is 11.5 Å². The Morgan fingerprint density at radius 3 is 2.93 bits per heavy atom. The quantitative estimate of drug-likeness (QED) is 0.487. The van der Waals surface area contributed by atoms with Gasteiger partial charge in [-0.25, -0.2) is 4.79 Å². The van der Waals surface area contributed by atoms with Gasteiger partial charge in [-0.2, -0.15) is 0 Å². The summed E-state index contributed by atoms with van der Waals surface area (Å²) in [6, 6.07) is 13.8. The van der Waals surface area contributed by atoms with Crippen molar-refractivity contribution in [1.29, 1.82) is 0 Å². The van der Waals surface area contributed by atoms with Crippen LogP contribution in [0.4, 0.5) is 4.79 Å². The molecule has 0 fully saturated rings. The van der Waals surface area contributed by atoms with Gasteiger partial charge in [0.2, 0.25) is 12.7 Å². The fourth-order valence-electron chi connectivity index (χ4n) is 3.25. The van der Waals surface area contributed by atoms with E-state index in [9.17, 15) is 4.79 Å². The summed E-state index contributed by atoms with van der Waals surface area (Å²) in [5.74, 6) is 1.74. The maximum atomic E-state index is 11.9. The molecule has 6 nitrogen and oxygen atoms in total. The van der Waals surface area contributed by atoms with E-state index >= 15 is 0 Å². The van der Waals surface area contributed by atoms with Crippen molar-refractivity contribution in [3.05, 3.63) is 42.5 Å². The number of hydrogen-bond donors (Lipinski definition) is 1. The number of fused-ring (bicyclic) bond motifs is 4. The van der Waals surface area contributed by atoms with Gasteiger partial charge in [0.1, 0.15) is 0 Å². The summed E-state index contributed by atoms with van der Waals surface area (Å²) in [6.45, 7) is 2.19. The van der Waals surface area contributed by atoms with Crippen LogP contribution in [0.25, 0.3) is 31.4 Å². The molecule has 2 aromatic heterocycles. The van der Waals surface area contributed by atoms with Gasteiger partial charge >= 0.3 is 6.16 Å². The molecule has 0 bridgehead atoms. The molecular formula is C20H15NO5S. The van der Waals surface area contributed by atoms with Gasteiger partial charge in [-0.15, -0.1) is 11.3 Å². The normalized spacial score (nSPS) is 12.6. The van der Waals surface area contributed by atoms with Crippen LogP contribution in [0.3, 0.4) is 0 Å². The van der Waals surface area contributed by atoms with E-state index in [2.05, 4.69) is 11.1 Å². The highest BCUT2D eigenvalue weighted by molar-refractivity contribution is 7.26. The van der Waals surface area contributed by atoms with Crippen molar-refractivity contribution in [3.8, 4) is 28.5 Å². The maximum absolute atomic E-state index is 11.9. The van der Waals surface area contributed by atoms with Crippen LogP contribution in [-0.4, -0.2) is 24.5 Å². The third kappa shape index (κ3) is 2.59. The molecule has 0 atom stereocenters. The predicted octanol–water partition coefficient (Wildman–Crippen LogP) is 5.31. The van der Waals surface area contributed by atoms with Crippen LogP contribution in [-0.2, 0) is 4.74 Å². The van der Waals surface area contributed by atoms with Crippen molar-refractivity contribution in [2.45, 2.75) is 6.92 Å². The smallest absolute Gasteiger partial charge is 0.454 e.